The van der Waals surface area contributed by atoms with E-state index in [-0.39, 0.29) is 0 Å². The van der Waals surface area contributed by atoms with Gasteiger partial charge in [-0.3, -0.25) is 0 Å². The molecule has 132 valence electrons. The third kappa shape index (κ3) is 3.12. The van der Waals surface area contributed by atoms with E-state index in [4.69, 9.17) is 0 Å². The van der Waals surface area contributed by atoms with Crippen molar-refractivity contribution < 1.29 is 0 Å². The first-order valence-electron chi connectivity index (χ1n) is 9.01. The summed E-state index contributed by atoms with van der Waals surface area (Å²) >= 11 is 0. The second-order valence-electron chi connectivity index (χ2n) is 6.87. The summed E-state index contributed by atoms with van der Waals surface area (Å²) in [4.78, 5) is 9.25. The molecule has 0 aliphatic heterocycles. The molecular formula is C21H23N5. The zero-order chi connectivity index (χ0) is 18.1. The molecule has 0 aliphatic rings. The van der Waals surface area contributed by atoms with E-state index in [9.17, 15) is 0 Å². The van der Waals surface area contributed by atoms with E-state index in [1.54, 1.807) is 0 Å². The molecule has 0 aliphatic carbocycles. The molecule has 0 amide bonds. The van der Waals surface area contributed by atoms with Crippen molar-refractivity contribution in [3.63, 3.8) is 0 Å². The van der Waals surface area contributed by atoms with E-state index < -0.39 is 0 Å². The second kappa shape index (κ2) is 6.75. The Morgan fingerprint density at radius 3 is 2.65 bits per heavy atom. The van der Waals surface area contributed by atoms with Gasteiger partial charge in [0.1, 0.15) is 5.82 Å². The highest BCUT2D eigenvalue weighted by Crippen LogP contribution is 2.23. The average Bonchev–Trinajstić information content (AvgIpc) is 3.23. The minimum atomic E-state index is 0.869. The Bertz CT molecular complexity index is 1040. The minimum absolute atomic E-state index is 0.869. The van der Waals surface area contributed by atoms with Crippen LogP contribution in [0.3, 0.4) is 0 Å². The highest BCUT2D eigenvalue weighted by atomic mass is 15.3. The molecule has 0 spiro atoms. The lowest BCUT2D eigenvalue weighted by Gasteiger charge is -2.08. The fourth-order valence-electron chi connectivity index (χ4n) is 3.37. The Morgan fingerprint density at radius 1 is 1.04 bits per heavy atom. The number of imidazole rings is 1. The van der Waals surface area contributed by atoms with Gasteiger partial charge in [0.2, 0.25) is 0 Å². The zero-order valence-electron chi connectivity index (χ0n) is 15.5. The SMILES string of the molecule is Cc1ccc(CCCn2ccnc2-c2cnn3c(C)cc(C)nc23)cc1. The van der Waals surface area contributed by atoms with Crippen molar-refractivity contribution in [3.05, 3.63) is 71.4 Å². The van der Waals surface area contributed by atoms with E-state index >= 15 is 0 Å². The van der Waals surface area contributed by atoms with Crippen molar-refractivity contribution in [2.75, 3.05) is 0 Å². The predicted molar refractivity (Wildman–Crippen MR) is 103 cm³/mol. The third-order valence-corrected chi connectivity index (χ3v) is 4.72. The van der Waals surface area contributed by atoms with Crippen LogP contribution in [0.15, 0.2) is 48.9 Å². The molecule has 4 aromatic rings. The smallest absolute Gasteiger partial charge is 0.166 e. The van der Waals surface area contributed by atoms with E-state index in [2.05, 4.69) is 50.8 Å². The van der Waals surface area contributed by atoms with Crippen LogP contribution in [0, 0.1) is 20.8 Å². The molecule has 0 saturated carbocycles. The van der Waals surface area contributed by atoms with E-state index in [0.29, 0.717) is 0 Å². The van der Waals surface area contributed by atoms with Crippen molar-refractivity contribution in [2.24, 2.45) is 0 Å². The topological polar surface area (TPSA) is 48.0 Å². The van der Waals surface area contributed by atoms with Gasteiger partial charge in [0, 0.05) is 30.3 Å². The maximum Gasteiger partial charge on any atom is 0.166 e. The Labute approximate surface area is 153 Å². The first-order valence-corrected chi connectivity index (χ1v) is 9.01. The summed E-state index contributed by atoms with van der Waals surface area (Å²) in [5.41, 5.74) is 6.61. The van der Waals surface area contributed by atoms with Crippen LogP contribution in [-0.4, -0.2) is 24.1 Å². The Morgan fingerprint density at radius 2 is 1.85 bits per heavy atom. The van der Waals surface area contributed by atoms with Gasteiger partial charge in [-0.1, -0.05) is 29.8 Å². The number of fused-ring (bicyclic) bond motifs is 1. The number of nitrogens with zero attached hydrogens (tertiary/aromatic N) is 5. The summed E-state index contributed by atoms with van der Waals surface area (Å²) in [6.07, 6.45) is 7.89. The summed E-state index contributed by atoms with van der Waals surface area (Å²) in [5.74, 6) is 0.932. The molecule has 0 radical (unpaired) electrons. The Kier molecular flexibility index (Phi) is 4.29. The number of hydrogen-bond acceptors (Lipinski definition) is 3. The molecule has 0 saturated heterocycles. The number of rotatable bonds is 5. The molecule has 1 aromatic carbocycles. The first kappa shape index (κ1) is 16.5. The van der Waals surface area contributed by atoms with Gasteiger partial charge in [-0.2, -0.15) is 5.10 Å². The maximum absolute atomic E-state index is 4.68. The lowest BCUT2D eigenvalue weighted by Crippen LogP contribution is -2.02. The normalized spacial score (nSPS) is 11.3. The number of aromatic nitrogens is 5. The molecule has 4 rings (SSSR count). The Hall–Kier alpha value is -2.95. The van der Waals surface area contributed by atoms with Gasteiger partial charge in [0.05, 0.1) is 11.8 Å². The molecule has 0 unspecified atom stereocenters. The lowest BCUT2D eigenvalue weighted by molar-refractivity contribution is 0.648. The molecule has 26 heavy (non-hydrogen) atoms. The summed E-state index contributed by atoms with van der Waals surface area (Å²) in [7, 11) is 0. The fourth-order valence-corrected chi connectivity index (χ4v) is 3.37. The molecule has 0 fully saturated rings. The largest absolute Gasteiger partial charge is 0.331 e. The van der Waals surface area contributed by atoms with Crippen molar-refractivity contribution in [1.82, 2.24) is 24.1 Å². The number of aryl methyl sites for hydroxylation is 5. The highest BCUT2D eigenvalue weighted by molar-refractivity contribution is 5.72. The van der Waals surface area contributed by atoms with Crippen LogP contribution in [-0.2, 0) is 13.0 Å². The van der Waals surface area contributed by atoms with Gasteiger partial charge in [-0.05, 0) is 45.2 Å². The first-order chi connectivity index (χ1) is 12.6. The summed E-state index contributed by atoms with van der Waals surface area (Å²) in [5, 5.41) is 4.49. The molecular weight excluding hydrogens is 322 g/mol. The van der Waals surface area contributed by atoms with Crippen LogP contribution in [0.1, 0.15) is 28.9 Å². The Balaban J connectivity index is 1.56. The van der Waals surface area contributed by atoms with Crippen LogP contribution in [0.2, 0.25) is 0 Å². The van der Waals surface area contributed by atoms with Gasteiger partial charge in [0.15, 0.2) is 5.65 Å². The minimum Gasteiger partial charge on any atom is -0.331 e. The van der Waals surface area contributed by atoms with Gasteiger partial charge in [-0.15, -0.1) is 0 Å². The monoisotopic (exact) mass is 345 g/mol. The number of hydrogen-bond donors (Lipinski definition) is 0. The lowest BCUT2D eigenvalue weighted by atomic mass is 10.1. The van der Waals surface area contributed by atoms with Gasteiger partial charge < -0.3 is 4.57 Å². The highest BCUT2D eigenvalue weighted by Gasteiger charge is 2.14. The predicted octanol–water partition coefficient (Wildman–Crippen LogP) is 4.15. The standard InChI is InChI=1S/C21H23N5/c1-15-6-8-18(9-7-15)5-4-11-25-12-10-22-20(25)19-14-23-26-17(3)13-16(2)24-21(19)26/h6-10,12-14H,4-5,11H2,1-3H3. The summed E-state index contributed by atoms with van der Waals surface area (Å²) in [6.45, 7) is 7.10. The summed E-state index contributed by atoms with van der Waals surface area (Å²) < 4.78 is 4.08. The maximum atomic E-state index is 4.68. The van der Waals surface area contributed by atoms with Gasteiger partial charge in [0.25, 0.3) is 0 Å². The van der Waals surface area contributed by atoms with E-state index in [1.165, 1.54) is 11.1 Å². The second-order valence-corrected chi connectivity index (χ2v) is 6.87. The van der Waals surface area contributed by atoms with Crippen molar-refractivity contribution >= 4 is 5.65 Å². The quantitative estimate of drug-likeness (QED) is 0.546. The van der Waals surface area contributed by atoms with Crippen molar-refractivity contribution in [2.45, 2.75) is 40.2 Å². The molecule has 3 heterocycles. The van der Waals surface area contributed by atoms with Gasteiger partial charge in [-0.25, -0.2) is 14.5 Å². The van der Waals surface area contributed by atoms with Crippen LogP contribution >= 0.6 is 0 Å². The van der Waals surface area contributed by atoms with Crippen LogP contribution in [0.4, 0.5) is 0 Å². The molecule has 5 nitrogen and oxygen atoms in total. The molecule has 0 bridgehead atoms. The fraction of sp³-hybridized carbons (Fsp3) is 0.286. The third-order valence-electron chi connectivity index (χ3n) is 4.72. The van der Waals surface area contributed by atoms with E-state index in [0.717, 1.165) is 47.8 Å². The van der Waals surface area contributed by atoms with Crippen LogP contribution < -0.4 is 0 Å². The average molecular weight is 345 g/mol. The molecule has 3 aromatic heterocycles. The zero-order valence-corrected chi connectivity index (χ0v) is 15.5. The number of benzene rings is 1. The molecule has 0 atom stereocenters. The van der Waals surface area contributed by atoms with E-state index in [1.807, 2.05) is 43.0 Å². The van der Waals surface area contributed by atoms with Crippen molar-refractivity contribution in [1.29, 1.82) is 0 Å². The molecule has 0 N–H and O–H groups in total. The van der Waals surface area contributed by atoms with Gasteiger partial charge >= 0.3 is 0 Å². The van der Waals surface area contributed by atoms with Crippen molar-refractivity contribution in [3.8, 4) is 11.4 Å². The molecule has 5 heteroatoms. The summed E-state index contributed by atoms with van der Waals surface area (Å²) in [6, 6.07) is 10.8. The van der Waals surface area contributed by atoms with Crippen LogP contribution in [0.25, 0.3) is 17.0 Å². The van der Waals surface area contributed by atoms with Crippen LogP contribution in [0.5, 0.6) is 0 Å².